The van der Waals surface area contributed by atoms with Gasteiger partial charge in [-0.05, 0) is 56.6 Å². The number of aromatic amines is 1. The Kier molecular flexibility index (Phi) is 7.16. The highest BCUT2D eigenvalue weighted by molar-refractivity contribution is 6.30. The summed E-state index contributed by atoms with van der Waals surface area (Å²) in [4.78, 5) is 31.3. The number of hydrogen-bond donors (Lipinski definition) is 1. The summed E-state index contributed by atoms with van der Waals surface area (Å²) in [5, 5.41) is 4.41. The quantitative estimate of drug-likeness (QED) is 0.342. The highest BCUT2D eigenvalue weighted by Crippen LogP contribution is 2.38. The Hall–Kier alpha value is -3.24. The Balaban J connectivity index is 1.55. The average Bonchev–Trinajstić information content (AvgIpc) is 3.53. The van der Waals surface area contributed by atoms with Gasteiger partial charge in [0, 0.05) is 44.2 Å². The van der Waals surface area contributed by atoms with Gasteiger partial charge in [0.05, 0.1) is 27.9 Å². The van der Waals surface area contributed by atoms with Gasteiger partial charge < -0.3 is 14.2 Å². The predicted molar refractivity (Wildman–Crippen MR) is 150 cm³/mol. The van der Waals surface area contributed by atoms with E-state index in [2.05, 4.69) is 38.4 Å². The Morgan fingerprint density at radius 1 is 1.13 bits per heavy atom. The summed E-state index contributed by atoms with van der Waals surface area (Å²) in [7, 11) is 1.79. The number of ether oxygens (including phenoxy) is 1. The zero-order chi connectivity index (χ0) is 27.1. The zero-order valence-corrected chi connectivity index (χ0v) is 23.3. The Morgan fingerprint density at radius 3 is 2.64 bits per heavy atom. The van der Waals surface area contributed by atoms with Crippen LogP contribution in [-0.2, 0) is 11.3 Å². The summed E-state index contributed by atoms with van der Waals surface area (Å²) in [5.74, 6) is 1.89. The standard InChI is InChI=1S/C28H34ClN7O3/c1-16-4-6-18(7-5-16)15-36-25-22(32-27(36)35-9-8-21(38-3)10-17(35)2)12-23(26-33-28(37)39-34-26)31-24(25)19-11-20(29)14-30-13-19/h11-14,16-18,21H,4-10,15H2,1-3H3,(H,33,34,37)/t16?,17-,18?,21-/m0/s1. The van der Waals surface area contributed by atoms with Crippen LogP contribution >= 0.6 is 11.6 Å². The second kappa shape index (κ2) is 10.7. The maximum atomic E-state index is 11.7. The second-order valence-electron chi connectivity index (χ2n) is 11.1. The predicted octanol–water partition coefficient (Wildman–Crippen LogP) is 5.32. The SMILES string of the molecule is CO[C@H]1CCN(c2nc3cc(-c4noc(=O)[nH]4)nc(-c4cncc(Cl)c4)c3n2CC2CCC(C)CC2)[C@@H](C)C1. The van der Waals surface area contributed by atoms with E-state index < -0.39 is 5.76 Å². The molecule has 5 heterocycles. The van der Waals surface area contributed by atoms with Gasteiger partial charge in [0.15, 0.2) is 0 Å². The molecule has 39 heavy (non-hydrogen) atoms. The minimum Gasteiger partial charge on any atom is -0.381 e. The molecule has 2 aliphatic rings. The molecule has 2 fully saturated rings. The number of methoxy groups -OCH3 is 1. The number of piperidine rings is 1. The third-order valence-corrected chi connectivity index (χ3v) is 8.57. The van der Waals surface area contributed by atoms with Crippen molar-refractivity contribution in [3.05, 3.63) is 40.1 Å². The molecule has 1 saturated heterocycles. The molecule has 0 amide bonds. The highest BCUT2D eigenvalue weighted by Gasteiger charge is 2.31. The van der Waals surface area contributed by atoms with Crippen LogP contribution in [0.15, 0.2) is 33.8 Å². The molecule has 1 N–H and O–H groups in total. The molecule has 10 nitrogen and oxygen atoms in total. The van der Waals surface area contributed by atoms with Gasteiger partial charge >= 0.3 is 5.76 Å². The lowest BCUT2D eigenvalue weighted by molar-refractivity contribution is 0.0716. The molecule has 0 unspecified atom stereocenters. The summed E-state index contributed by atoms with van der Waals surface area (Å²) in [6.07, 6.45) is 10.4. The summed E-state index contributed by atoms with van der Waals surface area (Å²) < 4.78 is 12.8. The van der Waals surface area contributed by atoms with Crippen molar-refractivity contribution in [2.45, 2.75) is 71.1 Å². The minimum absolute atomic E-state index is 0.249. The van der Waals surface area contributed by atoms with Gasteiger partial charge in [0.25, 0.3) is 0 Å². The van der Waals surface area contributed by atoms with Crippen LogP contribution in [0.4, 0.5) is 5.95 Å². The van der Waals surface area contributed by atoms with Crippen molar-refractivity contribution in [3.8, 4) is 22.8 Å². The second-order valence-corrected chi connectivity index (χ2v) is 11.6. The van der Waals surface area contributed by atoms with E-state index in [1.807, 2.05) is 12.1 Å². The van der Waals surface area contributed by atoms with Crippen molar-refractivity contribution in [2.75, 3.05) is 18.6 Å². The number of imidazole rings is 1. The first-order chi connectivity index (χ1) is 18.9. The first-order valence-electron chi connectivity index (χ1n) is 13.8. The number of hydrogen-bond acceptors (Lipinski definition) is 8. The van der Waals surface area contributed by atoms with Gasteiger partial charge in [-0.25, -0.2) is 14.8 Å². The van der Waals surface area contributed by atoms with Gasteiger partial charge in [-0.2, -0.15) is 0 Å². The van der Waals surface area contributed by atoms with Gasteiger partial charge in [0.2, 0.25) is 11.8 Å². The number of pyridine rings is 2. The number of fused-ring (bicyclic) bond motifs is 1. The van der Waals surface area contributed by atoms with Crippen molar-refractivity contribution >= 4 is 28.6 Å². The molecule has 0 bridgehead atoms. The van der Waals surface area contributed by atoms with Crippen LogP contribution < -0.4 is 10.7 Å². The first kappa shape index (κ1) is 26.0. The van der Waals surface area contributed by atoms with Gasteiger partial charge in [-0.3, -0.25) is 14.5 Å². The van der Waals surface area contributed by atoms with Crippen LogP contribution in [0.3, 0.4) is 0 Å². The molecule has 1 saturated carbocycles. The van der Waals surface area contributed by atoms with E-state index in [0.717, 1.165) is 54.4 Å². The summed E-state index contributed by atoms with van der Waals surface area (Å²) in [6.45, 7) is 6.30. The highest BCUT2D eigenvalue weighted by atomic mass is 35.5. The van der Waals surface area contributed by atoms with Crippen LogP contribution in [0.5, 0.6) is 0 Å². The molecule has 0 radical (unpaired) electrons. The summed E-state index contributed by atoms with van der Waals surface area (Å²) in [6, 6.07) is 4.00. The van der Waals surface area contributed by atoms with E-state index in [1.165, 1.54) is 25.7 Å². The fourth-order valence-corrected chi connectivity index (χ4v) is 6.32. The molecule has 206 valence electrons. The monoisotopic (exact) mass is 551 g/mol. The van der Waals surface area contributed by atoms with Crippen LogP contribution in [0.2, 0.25) is 5.02 Å². The third kappa shape index (κ3) is 5.19. The molecule has 1 aliphatic carbocycles. The van der Waals surface area contributed by atoms with E-state index in [-0.39, 0.29) is 18.0 Å². The van der Waals surface area contributed by atoms with Crippen LogP contribution in [0.1, 0.15) is 52.4 Å². The maximum absolute atomic E-state index is 11.7. The molecule has 6 rings (SSSR count). The molecular formula is C28H34ClN7O3. The van der Waals surface area contributed by atoms with Crippen molar-refractivity contribution in [2.24, 2.45) is 11.8 Å². The minimum atomic E-state index is -0.634. The first-order valence-corrected chi connectivity index (χ1v) is 14.2. The number of anilines is 1. The van der Waals surface area contributed by atoms with Crippen LogP contribution in [0, 0.1) is 11.8 Å². The molecule has 2 atom stereocenters. The van der Waals surface area contributed by atoms with E-state index >= 15 is 0 Å². The van der Waals surface area contributed by atoms with Crippen LogP contribution in [-0.4, -0.2) is 55.5 Å². The van der Waals surface area contributed by atoms with Gasteiger partial charge in [-0.1, -0.05) is 36.5 Å². The maximum Gasteiger partial charge on any atom is 0.439 e. The number of halogens is 1. The Bertz CT molecular complexity index is 1520. The smallest absolute Gasteiger partial charge is 0.381 e. The van der Waals surface area contributed by atoms with Crippen molar-refractivity contribution in [1.29, 1.82) is 0 Å². The van der Waals surface area contributed by atoms with E-state index in [9.17, 15) is 4.79 Å². The summed E-state index contributed by atoms with van der Waals surface area (Å²) >= 11 is 6.38. The van der Waals surface area contributed by atoms with E-state index in [1.54, 1.807) is 19.5 Å². The molecular weight excluding hydrogens is 518 g/mol. The largest absolute Gasteiger partial charge is 0.439 e. The molecule has 0 spiro atoms. The molecule has 0 aromatic carbocycles. The number of H-pyrrole nitrogens is 1. The van der Waals surface area contributed by atoms with Crippen molar-refractivity contribution in [1.82, 2.24) is 29.7 Å². The van der Waals surface area contributed by atoms with Crippen molar-refractivity contribution in [3.63, 3.8) is 0 Å². The number of nitrogens with one attached hydrogen (secondary N) is 1. The molecule has 4 aromatic rings. The van der Waals surface area contributed by atoms with Gasteiger partial charge in [-0.15, -0.1) is 0 Å². The fraction of sp³-hybridized carbons (Fsp3) is 0.536. The van der Waals surface area contributed by atoms with Gasteiger partial charge in [0.1, 0.15) is 5.69 Å². The Labute approximate surface area is 231 Å². The number of nitrogens with zero attached hydrogens (tertiary/aromatic N) is 6. The number of rotatable bonds is 6. The third-order valence-electron chi connectivity index (χ3n) is 8.36. The topological polar surface area (TPSA) is 115 Å². The fourth-order valence-electron chi connectivity index (χ4n) is 6.15. The lowest BCUT2D eigenvalue weighted by atomic mass is 9.83. The molecule has 11 heteroatoms. The Morgan fingerprint density at radius 2 is 1.95 bits per heavy atom. The van der Waals surface area contributed by atoms with E-state index in [4.69, 9.17) is 30.8 Å². The van der Waals surface area contributed by atoms with Crippen molar-refractivity contribution < 1.29 is 9.26 Å². The molecule has 4 aromatic heterocycles. The summed E-state index contributed by atoms with van der Waals surface area (Å²) in [5.41, 5.74) is 3.65. The number of aromatic nitrogens is 6. The zero-order valence-electron chi connectivity index (χ0n) is 22.6. The normalized spacial score (nSPS) is 23.9. The lowest BCUT2D eigenvalue weighted by Gasteiger charge is -2.38. The average molecular weight is 552 g/mol. The van der Waals surface area contributed by atoms with Crippen LogP contribution in [0.25, 0.3) is 33.8 Å². The van der Waals surface area contributed by atoms with E-state index in [0.29, 0.717) is 22.3 Å². The molecule has 1 aliphatic heterocycles. The lowest BCUT2D eigenvalue weighted by Crippen LogP contribution is -2.44.